The van der Waals surface area contributed by atoms with Crippen LogP contribution in [0, 0.1) is 0 Å². The van der Waals surface area contributed by atoms with Crippen LogP contribution in [0.3, 0.4) is 0 Å². The quantitative estimate of drug-likeness (QED) is 0.864. The topological polar surface area (TPSA) is 70.5 Å². The third-order valence-electron chi connectivity index (χ3n) is 2.58. The van der Waals surface area contributed by atoms with E-state index in [4.69, 9.17) is 19.7 Å². The van der Waals surface area contributed by atoms with E-state index in [9.17, 15) is 4.39 Å². The van der Waals surface area contributed by atoms with Gasteiger partial charge in [0.1, 0.15) is 6.67 Å². The Balaban J connectivity index is 2.22. The smallest absolute Gasteiger partial charge is 0.231 e. The fourth-order valence-electron chi connectivity index (χ4n) is 1.80. The molecule has 0 fully saturated rings. The summed E-state index contributed by atoms with van der Waals surface area (Å²) in [5.41, 5.74) is 7.33. The number of ether oxygens (including phenoxy) is 2. The second-order valence-electron chi connectivity index (χ2n) is 3.61. The summed E-state index contributed by atoms with van der Waals surface area (Å²) in [5, 5.41) is 3.59. The number of nitrogens with zero attached hydrogens (tertiary/aromatic N) is 1. The predicted octanol–water partition coefficient (Wildman–Crippen LogP) is 2.12. The molecule has 0 unspecified atom stereocenters. The Bertz CT molecular complexity index is 568. The van der Waals surface area contributed by atoms with Crippen molar-refractivity contribution >= 4 is 5.88 Å². The third-order valence-corrected chi connectivity index (χ3v) is 2.58. The largest absolute Gasteiger partial charge is 0.454 e. The van der Waals surface area contributed by atoms with Gasteiger partial charge in [-0.3, -0.25) is 0 Å². The molecule has 5 nitrogen and oxygen atoms in total. The van der Waals surface area contributed by atoms with Crippen LogP contribution < -0.4 is 15.2 Å². The van der Waals surface area contributed by atoms with E-state index >= 15 is 0 Å². The lowest BCUT2D eigenvalue weighted by Crippen LogP contribution is -1.94. The van der Waals surface area contributed by atoms with Crippen molar-refractivity contribution < 1.29 is 18.4 Å². The molecule has 2 N–H and O–H groups in total. The first-order valence-corrected chi connectivity index (χ1v) is 4.98. The van der Waals surface area contributed by atoms with Gasteiger partial charge in [0.15, 0.2) is 11.5 Å². The highest BCUT2D eigenvalue weighted by molar-refractivity contribution is 5.80. The Hall–Kier alpha value is -2.24. The van der Waals surface area contributed by atoms with Gasteiger partial charge >= 0.3 is 0 Å². The highest BCUT2D eigenvalue weighted by Crippen LogP contribution is 2.44. The van der Waals surface area contributed by atoms with Gasteiger partial charge in [0.05, 0.1) is 11.8 Å². The van der Waals surface area contributed by atoms with E-state index in [1.165, 1.54) is 6.20 Å². The van der Waals surface area contributed by atoms with E-state index in [-0.39, 0.29) is 12.7 Å². The highest BCUT2D eigenvalue weighted by atomic mass is 19.1. The molecule has 0 saturated carbocycles. The summed E-state index contributed by atoms with van der Waals surface area (Å²) >= 11 is 0. The van der Waals surface area contributed by atoms with Crippen LogP contribution in [0.15, 0.2) is 22.9 Å². The molecule has 2 heterocycles. The van der Waals surface area contributed by atoms with Gasteiger partial charge in [0.2, 0.25) is 12.7 Å². The van der Waals surface area contributed by atoms with Crippen LogP contribution in [0.5, 0.6) is 11.5 Å². The number of alkyl halides is 1. The molecule has 0 amide bonds. The van der Waals surface area contributed by atoms with Crippen molar-refractivity contribution in [2.24, 2.45) is 0 Å². The third kappa shape index (κ3) is 1.49. The number of aromatic nitrogens is 1. The number of benzene rings is 1. The molecule has 1 aromatic heterocycles. The van der Waals surface area contributed by atoms with E-state index in [2.05, 4.69) is 5.16 Å². The maximum absolute atomic E-state index is 12.7. The number of nitrogens with two attached hydrogens (primary N) is 1. The average Bonchev–Trinajstić information content (AvgIpc) is 2.95. The van der Waals surface area contributed by atoms with Crippen LogP contribution >= 0.6 is 0 Å². The van der Waals surface area contributed by atoms with Crippen molar-refractivity contribution in [1.29, 1.82) is 0 Å². The van der Waals surface area contributed by atoms with E-state index in [1.54, 1.807) is 12.1 Å². The number of rotatable bonds is 2. The van der Waals surface area contributed by atoms with Crippen molar-refractivity contribution in [1.82, 2.24) is 5.16 Å². The van der Waals surface area contributed by atoms with Gasteiger partial charge in [-0.15, -0.1) is 0 Å². The Morgan fingerprint density at radius 2 is 2.18 bits per heavy atom. The molecule has 0 saturated heterocycles. The number of nitrogen functional groups attached to an aromatic ring is 1. The van der Waals surface area contributed by atoms with Crippen molar-refractivity contribution in [3.8, 4) is 22.6 Å². The molecule has 1 aromatic carbocycles. The molecule has 1 aliphatic rings. The lowest BCUT2D eigenvalue weighted by Gasteiger charge is -2.06. The minimum Gasteiger partial charge on any atom is -0.454 e. The van der Waals surface area contributed by atoms with Crippen LogP contribution in [0.25, 0.3) is 11.1 Å². The minimum absolute atomic E-state index is 0.114. The summed E-state index contributed by atoms with van der Waals surface area (Å²) in [6.07, 6.45) is 1.47. The molecule has 1 aliphatic heterocycles. The van der Waals surface area contributed by atoms with Gasteiger partial charge in [0.25, 0.3) is 0 Å². The summed E-state index contributed by atoms with van der Waals surface area (Å²) in [6, 6.07) is 3.26. The standard InChI is InChI=1S/C11H9FN2O3/c12-3-6-1-7(8-4-14-17-11(8)13)10-9(2-6)15-5-16-10/h1-2,4H,3,5,13H2. The SMILES string of the molecule is Nc1oncc1-c1cc(CF)cc2c1OCO2. The molecule has 0 spiro atoms. The van der Waals surface area contributed by atoms with Crippen LogP contribution in [0.2, 0.25) is 0 Å². The second kappa shape index (κ2) is 3.65. The second-order valence-corrected chi connectivity index (χ2v) is 3.61. The molecule has 0 atom stereocenters. The van der Waals surface area contributed by atoms with Crippen LogP contribution in [0.4, 0.5) is 10.3 Å². The Morgan fingerprint density at radius 1 is 1.29 bits per heavy atom. The molecule has 0 radical (unpaired) electrons. The molecule has 3 rings (SSSR count). The van der Waals surface area contributed by atoms with Crippen LogP contribution in [-0.2, 0) is 6.67 Å². The molecular weight excluding hydrogens is 227 g/mol. The normalized spacial score (nSPS) is 13.0. The van der Waals surface area contributed by atoms with Crippen LogP contribution in [-0.4, -0.2) is 11.9 Å². The van der Waals surface area contributed by atoms with Crippen molar-refractivity contribution in [2.45, 2.75) is 6.67 Å². The number of hydrogen-bond donors (Lipinski definition) is 1. The van der Waals surface area contributed by atoms with Crippen molar-refractivity contribution in [3.63, 3.8) is 0 Å². The zero-order chi connectivity index (χ0) is 11.8. The highest BCUT2D eigenvalue weighted by Gasteiger charge is 2.22. The van der Waals surface area contributed by atoms with Gasteiger partial charge in [-0.1, -0.05) is 5.16 Å². The van der Waals surface area contributed by atoms with E-state index in [0.29, 0.717) is 28.2 Å². The summed E-state index contributed by atoms with van der Waals surface area (Å²) in [7, 11) is 0. The lowest BCUT2D eigenvalue weighted by molar-refractivity contribution is 0.174. The average molecular weight is 236 g/mol. The van der Waals surface area contributed by atoms with Gasteiger partial charge in [-0.25, -0.2) is 4.39 Å². The maximum Gasteiger partial charge on any atom is 0.231 e. The Kier molecular flexibility index (Phi) is 2.14. The maximum atomic E-state index is 12.7. The molecule has 2 aromatic rings. The fourth-order valence-corrected chi connectivity index (χ4v) is 1.80. The summed E-state index contributed by atoms with van der Waals surface area (Å²) in [6.45, 7) is -0.474. The van der Waals surface area contributed by atoms with Gasteiger partial charge in [-0.05, 0) is 17.7 Å². The minimum atomic E-state index is -0.588. The van der Waals surface area contributed by atoms with E-state index in [1.807, 2.05) is 0 Å². The zero-order valence-corrected chi connectivity index (χ0v) is 8.77. The predicted molar refractivity (Wildman–Crippen MR) is 57.3 cm³/mol. The zero-order valence-electron chi connectivity index (χ0n) is 8.77. The molecule has 88 valence electrons. The fraction of sp³-hybridized carbons (Fsp3) is 0.182. The number of fused-ring (bicyclic) bond motifs is 1. The molecule has 0 aliphatic carbocycles. The summed E-state index contributed by atoms with van der Waals surface area (Å²) < 4.78 is 28.1. The first-order chi connectivity index (χ1) is 8.29. The van der Waals surface area contributed by atoms with E-state index < -0.39 is 6.67 Å². The number of halogens is 1. The summed E-state index contributed by atoms with van der Waals surface area (Å²) in [4.78, 5) is 0. The summed E-state index contributed by atoms with van der Waals surface area (Å²) in [5.74, 6) is 1.21. The van der Waals surface area contributed by atoms with Gasteiger partial charge in [0, 0.05) is 5.56 Å². The molecule has 17 heavy (non-hydrogen) atoms. The first kappa shape index (κ1) is 9.95. The Labute approximate surface area is 95.9 Å². The van der Waals surface area contributed by atoms with Crippen molar-refractivity contribution in [2.75, 3.05) is 12.5 Å². The molecule has 6 heteroatoms. The Morgan fingerprint density at radius 3 is 2.88 bits per heavy atom. The van der Waals surface area contributed by atoms with Gasteiger partial charge in [-0.2, -0.15) is 0 Å². The van der Waals surface area contributed by atoms with Gasteiger partial charge < -0.3 is 19.7 Å². The molecular formula is C11H9FN2O3. The lowest BCUT2D eigenvalue weighted by atomic mass is 10.0. The van der Waals surface area contributed by atoms with Crippen molar-refractivity contribution in [3.05, 3.63) is 23.9 Å². The number of anilines is 1. The van der Waals surface area contributed by atoms with E-state index in [0.717, 1.165) is 0 Å². The monoisotopic (exact) mass is 236 g/mol. The number of hydrogen-bond acceptors (Lipinski definition) is 5. The molecule has 0 bridgehead atoms. The first-order valence-electron chi connectivity index (χ1n) is 4.98. The van der Waals surface area contributed by atoms with Crippen LogP contribution in [0.1, 0.15) is 5.56 Å².